The molecule has 6 nitrogen and oxygen atoms in total. The Kier molecular flexibility index (Phi) is 6.54. The molecule has 0 heterocycles. The monoisotopic (exact) mass is 342 g/mol. The summed E-state index contributed by atoms with van der Waals surface area (Å²) in [7, 11) is 0. The van der Waals surface area contributed by atoms with Crippen molar-refractivity contribution in [2.75, 3.05) is 18.5 Å². The van der Waals surface area contributed by atoms with Gasteiger partial charge in [0.05, 0.1) is 4.92 Å². The molecule has 0 aromatic heterocycles. The van der Waals surface area contributed by atoms with E-state index in [2.05, 4.69) is 11.9 Å². The summed E-state index contributed by atoms with van der Waals surface area (Å²) in [5, 5.41) is 24.0. The predicted octanol–water partition coefficient (Wildman–Crippen LogP) is 3.48. The summed E-state index contributed by atoms with van der Waals surface area (Å²) in [6.07, 6.45) is 1.79. The number of aryl methyl sites for hydroxylation is 1. The van der Waals surface area contributed by atoms with Gasteiger partial charge in [0.25, 0.3) is 5.69 Å². The maximum Gasteiger partial charge on any atom is 0.272 e. The number of nitrogens with one attached hydrogen (secondary N) is 1. The zero-order chi connectivity index (χ0) is 18.2. The van der Waals surface area contributed by atoms with Crippen LogP contribution in [0.5, 0.6) is 5.75 Å². The Morgan fingerprint density at radius 1 is 1.36 bits per heavy atom. The number of benzene rings is 2. The Balaban J connectivity index is 1.87. The maximum atomic E-state index is 10.8. The molecule has 6 heteroatoms. The van der Waals surface area contributed by atoms with Gasteiger partial charge in [-0.2, -0.15) is 0 Å². The minimum absolute atomic E-state index is 0.0771. The topological polar surface area (TPSA) is 84.6 Å². The van der Waals surface area contributed by atoms with Crippen molar-refractivity contribution in [1.82, 2.24) is 0 Å². The van der Waals surface area contributed by atoms with Gasteiger partial charge >= 0.3 is 0 Å². The van der Waals surface area contributed by atoms with E-state index in [9.17, 15) is 15.2 Å². The van der Waals surface area contributed by atoms with E-state index in [0.29, 0.717) is 17.7 Å². The fourth-order valence-corrected chi connectivity index (χ4v) is 2.42. The molecule has 25 heavy (non-hydrogen) atoms. The van der Waals surface area contributed by atoms with E-state index in [1.165, 1.54) is 6.07 Å². The average molecular weight is 342 g/mol. The second-order valence-electron chi connectivity index (χ2n) is 5.70. The molecule has 0 aliphatic heterocycles. The van der Waals surface area contributed by atoms with Crippen LogP contribution in [0.25, 0.3) is 0 Å². The van der Waals surface area contributed by atoms with E-state index in [-0.39, 0.29) is 18.8 Å². The minimum Gasteiger partial charge on any atom is -0.491 e. The van der Waals surface area contributed by atoms with Crippen LogP contribution in [0.2, 0.25) is 0 Å². The van der Waals surface area contributed by atoms with Gasteiger partial charge in [0.1, 0.15) is 18.5 Å². The van der Waals surface area contributed by atoms with E-state index in [0.717, 1.165) is 11.3 Å². The van der Waals surface area contributed by atoms with Crippen LogP contribution < -0.4 is 10.1 Å². The van der Waals surface area contributed by atoms with Gasteiger partial charge in [0.15, 0.2) is 0 Å². The fraction of sp³-hybridized carbons (Fsp3) is 0.263. The lowest BCUT2D eigenvalue weighted by Gasteiger charge is -2.16. The number of para-hydroxylation sites is 1. The molecule has 2 aromatic carbocycles. The van der Waals surface area contributed by atoms with Crippen LogP contribution in [0, 0.1) is 17.0 Å². The van der Waals surface area contributed by atoms with Gasteiger partial charge in [0.2, 0.25) is 0 Å². The molecule has 0 amide bonds. The number of aliphatic hydroxyl groups is 1. The lowest BCUT2D eigenvalue weighted by Crippen LogP contribution is -2.26. The molecule has 0 radical (unpaired) electrons. The predicted molar refractivity (Wildman–Crippen MR) is 98.2 cm³/mol. The van der Waals surface area contributed by atoms with Gasteiger partial charge in [-0.15, -0.1) is 6.58 Å². The highest BCUT2D eigenvalue weighted by Crippen LogP contribution is 2.22. The van der Waals surface area contributed by atoms with E-state index in [1.807, 2.05) is 24.3 Å². The number of nitro benzene ring substituents is 1. The highest BCUT2D eigenvalue weighted by atomic mass is 16.6. The standard InChI is InChI=1S/C19H22N2O4/c1-3-6-15-7-4-5-8-19(15)25-13-17(22)12-20-16-9-10-18(21(23)24)14(2)11-16/h3-5,7-11,17,20,22H,1,6,12-13H2,2H3. The quantitative estimate of drug-likeness (QED) is 0.414. The number of ether oxygens (including phenoxy) is 1. The second-order valence-corrected chi connectivity index (χ2v) is 5.70. The van der Waals surface area contributed by atoms with Crippen LogP contribution in [0.4, 0.5) is 11.4 Å². The maximum absolute atomic E-state index is 10.8. The molecular weight excluding hydrogens is 320 g/mol. The minimum atomic E-state index is -0.715. The van der Waals surface area contributed by atoms with Crippen molar-refractivity contribution in [3.63, 3.8) is 0 Å². The first-order valence-electron chi connectivity index (χ1n) is 8.00. The van der Waals surface area contributed by atoms with E-state index in [1.54, 1.807) is 25.1 Å². The van der Waals surface area contributed by atoms with Crippen molar-refractivity contribution in [2.24, 2.45) is 0 Å². The first-order chi connectivity index (χ1) is 12.0. The van der Waals surface area contributed by atoms with Gasteiger partial charge in [0, 0.05) is 23.9 Å². The highest BCUT2D eigenvalue weighted by Gasteiger charge is 2.11. The Labute approximate surface area is 146 Å². The third-order valence-corrected chi connectivity index (χ3v) is 3.70. The first-order valence-corrected chi connectivity index (χ1v) is 8.00. The number of aliphatic hydroxyl groups excluding tert-OH is 1. The number of nitro groups is 1. The molecule has 2 rings (SSSR count). The molecule has 0 spiro atoms. The average Bonchev–Trinajstić information content (AvgIpc) is 2.59. The number of rotatable bonds is 9. The fourth-order valence-electron chi connectivity index (χ4n) is 2.42. The number of nitrogens with zero attached hydrogens (tertiary/aromatic N) is 1. The SMILES string of the molecule is C=CCc1ccccc1OCC(O)CNc1ccc([N+](=O)[O-])c(C)c1. The molecule has 0 fully saturated rings. The van der Waals surface area contributed by atoms with E-state index < -0.39 is 11.0 Å². The summed E-state index contributed by atoms with van der Waals surface area (Å²) in [6, 6.07) is 12.4. The van der Waals surface area contributed by atoms with Gasteiger partial charge in [-0.1, -0.05) is 24.3 Å². The summed E-state index contributed by atoms with van der Waals surface area (Å²) in [6.45, 7) is 5.83. The molecule has 0 aliphatic carbocycles. The smallest absolute Gasteiger partial charge is 0.272 e. The normalized spacial score (nSPS) is 11.6. The molecule has 2 N–H and O–H groups in total. The van der Waals surface area contributed by atoms with E-state index in [4.69, 9.17) is 4.74 Å². The van der Waals surface area contributed by atoms with Crippen molar-refractivity contribution in [2.45, 2.75) is 19.4 Å². The lowest BCUT2D eigenvalue weighted by atomic mass is 10.1. The van der Waals surface area contributed by atoms with Crippen LogP contribution in [0.3, 0.4) is 0 Å². The second kappa shape index (κ2) is 8.84. The lowest BCUT2D eigenvalue weighted by molar-refractivity contribution is -0.385. The van der Waals surface area contributed by atoms with Crippen molar-refractivity contribution >= 4 is 11.4 Å². The van der Waals surface area contributed by atoms with E-state index >= 15 is 0 Å². The van der Waals surface area contributed by atoms with Gasteiger partial charge < -0.3 is 15.2 Å². The third-order valence-electron chi connectivity index (χ3n) is 3.70. The van der Waals surface area contributed by atoms with Crippen LogP contribution in [0.15, 0.2) is 55.1 Å². The molecule has 1 unspecified atom stereocenters. The van der Waals surface area contributed by atoms with Crippen LogP contribution in [-0.2, 0) is 6.42 Å². The number of anilines is 1. The van der Waals surface area contributed by atoms with Crippen LogP contribution in [0.1, 0.15) is 11.1 Å². The molecule has 0 saturated heterocycles. The summed E-state index contributed by atoms with van der Waals surface area (Å²) in [4.78, 5) is 10.4. The molecule has 1 atom stereocenters. The number of hydrogen-bond donors (Lipinski definition) is 2. The number of hydrogen-bond acceptors (Lipinski definition) is 5. The Bertz CT molecular complexity index is 746. The van der Waals surface area contributed by atoms with Crippen molar-refractivity contribution < 1.29 is 14.8 Å². The summed E-state index contributed by atoms with van der Waals surface area (Å²) < 4.78 is 5.69. The van der Waals surface area contributed by atoms with Gasteiger partial charge in [-0.05, 0) is 37.1 Å². The summed E-state index contributed by atoms with van der Waals surface area (Å²) >= 11 is 0. The van der Waals surface area contributed by atoms with Gasteiger partial charge in [-0.25, -0.2) is 0 Å². The van der Waals surface area contributed by atoms with Crippen molar-refractivity contribution in [3.05, 3.63) is 76.4 Å². The first kappa shape index (κ1) is 18.5. The third kappa shape index (κ3) is 5.32. The zero-order valence-corrected chi connectivity index (χ0v) is 14.1. The Hall–Kier alpha value is -2.86. The molecule has 0 saturated carbocycles. The largest absolute Gasteiger partial charge is 0.491 e. The molecule has 132 valence electrons. The zero-order valence-electron chi connectivity index (χ0n) is 14.1. The molecule has 0 aliphatic rings. The van der Waals surface area contributed by atoms with Gasteiger partial charge in [-0.3, -0.25) is 10.1 Å². The number of allylic oxidation sites excluding steroid dienone is 1. The summed E-state index contributed by atoms with van der Waals surface area (Å²) in [5.41, 5.74) is 2.38. The summed E-state index contributed by atoms with van der Waals surface area (Å²) in [5.74, 6) is 0.729. The van der Waals surface area contributed by atoms with Crippen LogP contribution >= 0.6 is 0 Å². The Morgan fingerprint density at radius 3 is 2.80 bits per heavy atom. The van der Waals surface area contributed by atoms with Crippen molar-refractivity contribution in [1.29, 1.82) is 0 Å². The molecule has 2 aromatic rings. The van der Waals surface area contributed by atoms with Crippen molar-refractivity contribution in [3.8, 4) is 5.75 Å². The highest BCUT2D eigenvalue weighted by molar-refractivity contribution is 5.53. The Morgan fingerprint density at radius 2 is 2.12 bits per heavy atom. The molecular formula is C19H22N2O4. The van der Waals surface area contributed by atoms with Crippen LogP contribution in [-0.4, -0.2) is 29.3 Å². The molecule has 0 bridgehead atoms.